The molecular formula is C16H27NO. The number of rotatable bonds is 10. The molecule has 0 amide bonds. The Morgan fingerprint density at radius 3 is 2.44 bits per heavy atom. The van der Waals surface area contributed by atoms with Crippen molar-refractivity contribution in [2.45, 2.75) is 52.2 Å². The maximum absolute atomic E-state index is 5.21. The highest BCUT2D eigenvalue weighted by Gasteiger charge is 2.00. The summed E-state index contributed by atoms with van der Waals surface area (Å²) in [6.07, 6.45) is 6.69. The van der Waals surface area contributed by atoms with Gasteiger partial charge >= 0.3 is 0 Å². The average Bonchev–Trinajstić information content (AvgIpc) is 2.40. The molecule has 18 heavy (non-hydrogen) atoms. The molecule has 1 aromatic carbocycles. The smallest absolute Gasteiger partial charge is 0.0716 e. The molecule has 0 radical (unpaired) electrons. The lowest BCUT2D eigenvalue weighted by Gasteiger charge is -2.09. The average molecular weight is 249 g/mol. The van der Waals surface area contributed by atoms with Crippen molar-refractivity contribution in [2.75, 3.05) is 13.7 Å². The van der Waals surface area contributed by atoms with Gasteiger partial charge in [0, 0.05) is 13.7 Å². The van der Waals surface area contributed by atoms with Gasteiger partial charge in [-0.2, -0.15) is 0 Å². The zero-order valence-corrected chi connectivity index (χ0v) is 11.9. The Labute approximate surface area is 112 Å². The van der Waals surface area contributed by atoms with Crippen molar-refractivity contribution in [3.05, 3.63) is 35.4 Å². The van der Waals surface area contributed by atoms with Gasteiger partial charge in [0.1, 0.15) is 0 Å². The molecule has 0 aromatic heterocycles. The molecule has 0 atom stereocenters. The second-order valence-corrected chi connectivity index (χ2v) is 4.79. The molecule has 0 saturated carbocycles. The van der Waals surface area contributed by atoms with Gasteiger partial charge in [-0.15, -0.1) is 0 Å². The summed E-state index contributed by atoms with van der Waals surface area (Å²) in [5.74, 6) is 0. The second-order valence-electron chi connectivity index (χ2n) is 4.79. The fourth-order valence-electron chi connectivity index (χ4n) is 2.10. The van der Waals surface area contributed by atoms with E-state index < -0.39 is 0 Å². The Morgan fingerprint density at radius 1 is 1.00 bits per heavy atom. The Hall–Kier alpha value is -0.860. The molecule has 102 valence electrons. The van der Waals surface area contributed by atoms with Crippen LogP contribution >= 0.6 is 0 Å². The number of hydrogen-bond donors (Lipinski definition) is 1. The normalized spacial score (nSPS) is 10.8. The van der Waals surface area contributed by atoms with Crippen molar-refractivity contribution >= 4 is 0 Å². The van der Waals surface area contributed by atoms with Gasteiger partial charge in [0.05, 0.1) is 6.61 Å². The van der Waals surface area contributed by atoms with Crippen molar-refractivity contribution in [2.24, 2.45) is 0 Å². The molecule has 2 nitrogen and oxygen atoms in total. The van der Waals surface area contributed by atoms with E-state index in [0.717, 1.165) is 13.1 Å². The van der Waals surface area contributed by atoms with Crippen LogP contribution in [0.5, 0.6) is 0 Å². The van der Waals surface area contributed by atoms with E-state index in [-0.39, 0.29) is 0 Å². The van der Waals surface area contributed by atoms with Gasteiger partial charge in [0.2, 0.25) is 0 Å². The first-order valence-electron chi connectivity index (χ1n) is 7.15. The number of hydrogen-bond acceptors (Lipinski definition) is 2. The first-order valence-corrected chi connectivity index (χ1v) is 7.15. The van der Waals surface area contributed by atoms with E-state index in [9.17, 15) is 0 Å². The molecule has 1 rings (SSSR count). The summed E-state index contributed by atoms with van der Waals surface area (Å²) < 4.78 is 5.21. The number of nitrogens with one attached hydrogen (secondary N) is 1. The van der Waals surface area contributed by atoms with Crippen LogP contribution in [0.4, 0.5) is 0 Å². The van der Waals surface area contributed by atoms with Crippen LogP contribution < -0.4 is 5.32 Å². The summed E-state index contributed by atoms with van der Waals surface area (Å²) in [7, 11) is 1.75. The highest BCUT2D eigenvalue weighted by atomic mass is 16.5. The summed E-state index contributed by atoms with van der Waals surface area (Å²) in [5, 5.41) is 3.52. The fraction of sp³-hybridized carbons (Fsp3) is 0.625. The lowest BCUT2D eigenvalue weighted by Crippen LogP contribution is -2.16. The van der Waals surface area contributed by atoms with E-state index in [1.807, 2.05) is 0 Å². The Bertz CT molecular complexity index is 312. The van der Waals surface area contributed by atoms with Crippen LogP contribution in [0.15, 0.2) is 24.3 Å². The monoisotopic (exact) mass is 249 g/mol. The van der Waals surface area contributed by atoms with E-state index >= 15 is 0 Å². The standard InChI is InChI=1S/C16H27NO/c1-3-4-5-6-9-12-17-13-15-10-7-8-11-16(15)14-18-2/h7-8,10-11,17H,3-6,9,12-14H2,1-2H3. The Morgan fingerprint density at radius 2 is 1.72 bits per heavy atom. The van der Waals surface area contributed by atoms with Gasteiger partial charge in [-0.3, -0.25) is 0 Å². The molecule has 0 fully saturated rings. The van der Waals surface area contributed by atoms with Crippen LogP contribution in [0.2, 0.25) is 0 Å². The summed E-state index contributed by atoms with van der Waals surface area (Å²) in [5.41, 5.74) is 2.64. The predicted octanol–water partition coefficient (Wildman–Crippen LogP) is 3.89. The first kappa shape index (κ1) is 15.2. The van der Waals surface area contributed by atoms with Gasteiger partial charge in [-0.25, -0.2) is 0 Å². The predicted molar refractivity (Wildman–Crippen MR) is 77.6 cm³/mol. The van der Waals surface area contributed by atoms with Crippen LogP contribution in [-0.4, -0.2) is 13.7 Å². The number of benzene rings is 1. The maximum Gasteiger partial charge on any atom is 0.0716 e. The molecule has 0 spiro atoms. The van der Waals surface area contributed by atoms with Crippen molar-refractivity contribution in [3.63, 3.8) is 0 Å². The van der Waals surface area contributed by atoms with E-state index in [4.69, 9.17) is 4.74 Å². The second kappa shape index (κ2) is 10.1. The Balaban J connectivity index is 2.18. The molecule has 1 aromatic rings. The fourth-order valence-corrected chi connectivity index (χ4v) is 2.10. The molecule has 0 saturated heterocycles. The zero-order chi connectivity index (χ0) is 13.1. The van der Waals surface area contributed by atoms with E-state index in [1.165, 1.54) is 43.2 Å². The number of unbranched alkanes of at least 4 members (excludes halogenated alkanes) is 4. The van der Waals surface area contributed by atoms with Crippen molar-refractivity contribution < 1.29 is 4.74 Å². The van der Waals surface area contributed by atoms with Gasteiger partial charge in [-0.05, 0) is 24.1 Å². The van der Waals surface area contributed by atoms with Crippen LogP contribution in [0.3, 0.4) is 0 Å². The van der Waals surface area contributed by atoms with Crippen LogP contribution in [-0.2, 0) is 17.9 Å². The molecule has 0 bridgehead atoms. The van der Waals surface area contributed by atoms with E-state index in [2.05, 4.69) is 36.5 Å². The lowest BCUT2D eigenvalue weighted by molar-refractivity contribution is 0.184. The number of ether oxygens (including phenoxy) is 1. The molecule has 0 aliphatic heterocycles. The zero-order valence-electron chi connectivity index (χ0n) is 11.9. The summed E-state index contributed by atoms with van der Waals surface area (Å²) in [6.45, 7) is 5.03. The summed E-state index contributed by atoms with van der Waals surface area (Å²) in [4.78, 5) is 0. The topological polar surface area (TPSA) is 21.3 Å². The van der Waals surface area contributed by atoms with Gasteiger partial charge < -0.3 is 10.1 Å². The first-order chi connectivity index (χ1) is 8.88. The molecule has 0 heterocycles. The van der Waals surface area contributed by atoms with Crippen LogP contribution in [0.25, 0.3) is 0 Å². The highest BCUT2D eigenvalue weighted by Crippen LogP contribution is 2.09. The van der Waals surface area contributed by atoms with E-state index in [1.54, 1.807) is 7.11 Å². The third kappa shape index (κ3) is 6.18. The minimum absolute atomic E-state index is 0.703. The minimum atomic E-state index is 0.703. The lowest BCUT2D eigenvalue weighted by atomic mass is 10.1. The van der Waals surface area contributed by atoms with Gasteiger partial charge in [0.15, 0.2) is 0 Å². The Kier molecular flexibility index (Phi) is 8.53. The molecule has 0 aliphatic rings. The summed E-state index contributed by atoms with van der Waals surface area (Å²) in [6, 6.07) is 8.49. The van der Waals surface area contributed by atoms with Crippen molar-refractivity contribution in [3.8, 4) is 0 Å². The quantitative estimate of drug-likeness (QED) is 0.635. The maximum atomic E-state index is 5.21. The molecule has 0 aliphatic carbocycles. The molecule has 1 N–H and O–H groups in total. The largest absolute Gasteiger partial charge is 0.380 e. The van der Waals surface area contributed by atoms with Crippen LogP contribution in [0, 0.1) is 0 Å². The summed E-state index contributed by atoms with van der Waals surface area (Å²) >= 11 is 0. The van der Waals surface area contributed by atoms with Crippen molar-refractivity contribution in [1.29, 1.82) is 0 Å². The SMILES string of the molecule is CCCCCCCNCc1ccccc1COC. The van der Waals surface area contributed by atoms with E-state index in [0.29, 0.717) is 6.61 Å². The highest BCUT2D eigenvalue weighted by molar-refractivity contribution is 5.26. The van der Waals surface area contributed by atoms with Gasteiger partial charge in [0.25, 0.3) is 0 Å². The molecule has 2 heteroatoms. The minimum Gasteiger partial charge on any atom is -0.380 e. The number of methoxy groups -OCH3 is 1. The van der Waals surface area contributed by atoms with Crippen LogP contribution in [0.1, 0.15) is 50.2 Å². The molecular weight excluding hydrogens is 222 g/mol. The van der Waals surface area contributed by atoms with Crippen molar-refractivity contribution in [1.82, 2.24) is 5.32 Å². The third-order valence-corrected chi connectivity index (χ3v) is 3.19. The third-order valence-electron chi connectivity index (χ3n) is 3.19. The molecule has 0 unspecified atom stereocenters. The van der Waals surface area contributed by atoms with Gasteiger partial charge in [-0.1, -0.05) is 56.9 Å².